The maximum Gasteiger partial charge on any atom is 0.238 e. The van der Waals surface area contributed by atoms with Crippen molar-refractivity contribution in [1.82, 2.24) is 0 Å². The highest BCUT2D eigenvalue weighted by Gasteiger charge is 2.06. The maximum atomic E-state index is 11.2. The zero-order chi connectivity index (χ0) is 17.6. The molecule has 0 unspecified atom stereocenters. The Balaban J connectivity index is 2.09. The van der Waals surface area contributed by atoms with Gasteiger partial charge < -0.3 is 10.0 Å². The molecule has 0 fully saturated rings. The van der Waals surface area contributed by atoms with Gasteiger partial charge in [-0.2, -0.15) is 10.2 Å². The van der Waals surface area contributed by atoms with Gasteiger partial charge in [0, 0.05) is 18.8 Å². The minimum Gasteiger partial charge on any atom is -0.395 e. The largest absolute Gasteiger partial charge is 0.395 e. The molecule has 7 nitrogen and oxygen atoms in total. The highest BCUT2D eigenvalue weighted by molar-refractivity contribution is 7.89. The summed E-state index contributed by atoms with van der Waals surface area (Å²) < 4.78 is 22.4. The molecule has 2 rings (SSSR count). The van der Waals surface area contributed by atoms with Crippen molar-refractivity contribution in [3.05, 3.63) is 48.5 Å². The number of benzene rings is 2. The molecule has 128 valence electrons. The number of primary sulfonamides is 1. The number of hydrogen-bond acceptors (Lipinski definition) is 6. The van der Waals surface area contributed by atoms with Gasteiger partial charge in [0.25, 0.3) is 0 Å². The summed E-state index contributed by atoms with van der Waals surface area (Å²) in [6, 6.07) is 13.3. The summed E-state index contributed by atoms with van der Waals surface area (Å²) in [5.41, 5.74) is 2.21. The zero-order valence-electron chi connectivity index (χ0n) is 13.3. The summed E-state index contributed by atoms with van der Waals surface area (Å²) in [4.78, 5) is 2.08. The van der Waals surface area contributed by atoms with Crippen LogP contribution in [-0.2, 0) is 10.0 Å². The Bertz CT molecular complexity index is 787. The van der Waals surface area contributed by atoms with E-state index in [0.717, 1.165) is 12.2 Å². The van der Waals surface area contributed by atoms with E-state index < -0.39 is 10.0 Å². The Kier molecular flexibility index (Phi) is 6.02. The second-order valence-electron chi connectivity index (χ2n) is 5.06. The van der Waals surface area contributed by atoms with Crippen molar-refractivity contribution in [3.8, 4) is 0 Å². The molecule has 0 bridgehead atoms. The smallest absolute Gasteiger partial charge is 0.238 e. The van der Waals surface area contributed by atoms with Gasteiger partial charge in [-0.15, -0.1) is 0 Å². The predicted molar refractivity (Wildman–Crippen MR) is 93.4 cm³/mol. The van der Waals surface area contributed by atoms with Crippen LogP contribution in [0.5, 0.6) is 0 Å². The van der Waals surface area contributed by atoms with Crippen LogP contribution in [0.2, 0.25) is 0 Å². The van der Waals surface area contributed by atoms with Crippen molar-refractivity contribution in [1.29, 1.82) is 0 Å². The van der Waals surface area contributed by atoms with Crippen LogP contribution in [0.4, 0.5) is 17.1 Å². The highest BCUT2D eigenvalue weighted by atomic mass is 32.2. The second kappa shape index (κ2) is 8.00. The van der Waals surface area contributed by atoms with Crippen LogP contribution in [0.1, 0.15) is 6.92 Å². The van der Waals surface area contributed by atoms with E-state index >= 15 is 0 Å². The molecule has 0 aliphatic heterocycles. The number of likely N-dealkylation sites (N-methyl/N-ethyl adjacent to an activating group) is 1. The molecular weight excluding hydrogens is 328 g/mol. The number of azo groups is 1. The third kappa shape index (κ3) is 4.85. The molecule has 2 aromatic rings. The minimum absolute atomic E-state index is 0.0364. The first-order chi connectivity index (χ1) is 11.4. The number of aliphatic hydroxyl groups is 1. The summed E-state index contributed by atoms with van der Waals surface area (Å²) >= 11 is 0. The molecule has 0 saturated carbocycles. The molecule has 0 amide bonds. The average Bonchev–Trinajstić information content (AvgIpc) is 2.58. The minimum atomic E-state index is -3.70. The van der Waals surface area contributed by atoms with Crippen molar-refractivity contribution < 1.29 is 13.5 Å². The Morgan fingerprint density at radius 1 is 1.00 bits per heavy atom. The Morgan fingerprint density at radius 2 is 1.50 bits per heavy atom. The number of hydrogen-bond donors (Lipinski definition) is 2. The summed E-state index contributed by atoms with van der Waals surface area (Å²) in [7, 11) is -3.70. The topological polar surface area (TPSA) is 108 Å². The zero-order valence-corrected chi connectivity index (χ0v) is 14.1. The van der Waals surface area contributed by atoms with Crippen molar-refractivity contribution in [2.24, 2.45) is 15.4 Å². The first kappa shape index (κ1) is 18.1. The Morgan fingerprint density at radius 3 is 1.92 bits per heavy atom. The van der Waals surface area contributed by atoms with Gasteiger partial charge >= 0.3 is 0 Å². The van der Waals surface area contributed by atoms with Crippen molar-refractivity contribution in [2.45, 2.75) is 11.8 Å². The summed E-state index contributed by atoms with van der Waals surface area (Å²) in [5, 5.41) is 22.3. The van der Waals surface area contributed by atoms with Gasteiger partial charge in [-0.3, -0.25) is 0 Å². The number of sulfonamides is 1. The molecule has 0 radical (unpaired) electrons. The summed E-state index contributed by atoms with van der Waals surface area (Å²) in [6.07, 6.45) is 0. The van der Waals surface area contributed by atoms with Crippen LogP contribution in [0, 0.1) is 0 Å². The lowest BCUT2D eigenvalue weighted by molar-refractivity contribution is 0.302. The molecule has 24 heavy (non-hydrogen) atoms. The third-order valence-corrected chi connectivity index (χ3v) is 4.34. The Hall–Kier alpha value is -2.29. The fourth-order valence-corrected chi connectivity index (χ4v) is 2.65. The Labute approximate surface area is 141 Å². The number of nitrogens with two attached hydrogens (primary N) is 1. The molecular formula is C16H20N4O3S. The van der Waals surface area contributed by atoms with Crippen LogP contribution < -0.4 is 10.0 Å². The van der Waals surface area contributed by atoms with Crippen LogP contribution >= 0.6 is 0 Å². The van der Waals surface area contributed by atoms with E-state index in [9.17, 15) is 8.42 Å². The number of nitrogens with zero attached hydrogens (tertiary/aromatic N) is 3. The second-order valence-corrected chi connectivity index (χ2v) is 6.62. The first-order valence-corrected chi connectivity index (χ1v) is 8.99. The quantitative estimate of drug-likeness (QED) is 0.750. The molecule has 0 saturated heterocycles. The molecule has 2 aromatic carbocycles. The molecule has 0 aromatic heterocycles. The number of anilines is 1. The fraction of sp³-hybridized carbons (Fsp3) is 0.250. The van der Waals surface area contributed by atoms with E-state index in [0.29, 0.717) is 17.9 Å². The van der Waals surface area contributed by atoms with Crippen LogP contribution in [0.3, 0.4) is 0 Å². The SMILES string of the molecule is CCN(CCO)c1ccc(N=Nc2ccc(S(N)(=O)=O)cc2)cc1. The van der Waals surface area contributed by atoms with Gasteiger partial charge in [0.2, 0.25) is 10.0 Å². The van der Waals surface area contributed by atoms with E-state index in [1.165, 1.54) is 24.3 Å². The lowest BCUT2D eigenvalue weighted by atomic mass is 10.2. The lowest BCUT2D eigenvalue weighted by Gasteiger charge is -2.21. The van der Waals surface area contributed by atoms with Crippen molar-refractivity contribution in [2.75, 3.05) is 24.6 Å². The normalized spacial score (nSPS) is 11.8. The van der Waals surface area contributed by atoms with E-state index in [4.69, 9.17) is 10.2 Å². The molecule has 0 heterocycles. The van der Waals surface area contributed by atoms with Gasteiger partial charge in [-0.1, -0.05) is 0 Å². The van der Waals surface area contributed by atoms with Gasteiger partial charge in [-0.05, 0) is 55.5 Å². The van der Waals surface area contributed by atoms with Gasteiger partial charge in [0.15, 0.2) is 0 Å². The first-order valence-electron chi connectivity index (χ1n) is 7.44. The molecule has 0 spiro atoms. The third-order valence-electron chi connectivity index (χ3n) is 3.41. The van der Waals surface area contributed by atoms with Crippen LogP contribution in [0.15, 0.2) is 63.7 Å². The van der Waals surface area contributed by atoms with Gasteiger partial charge in [0.05, 0.1) is 22.9 Å². The van der Waals surface area contributed by atoms with Crippen LogP contribution in [0.25, 0.3) is 0 Å². The van der Waals surface area contributed by atoms with Gasteiger partial charge in [-0.25, -0.2) is 13.6 Å². The van der Waals surface area contributed by atoms with E-state index in [2.05, 4.69) is 10.2 Å². The molecule has 8 heteroatoms. The highest BCUT2D eigenvalue weighted by Crippen LogP contribution is 2.22. The van der Waals surface area contributed by atoms with Gasteiger partial charge in [0.1, 0.15) is 0 Å². The van der Waals surface area contributed by atoms with Crippen molar-refractivity contribution >= 4 is 27.1 Å². The molecule has 0 atom stereocenters. The van der Waals surface area contributed by atoms with Crippen LogP contribution in [-0.4, -0.2) is 33.2 Å². The van der Waals surface area contributed by atoms with Crippen molar-refractivity contribution in [3.63, 3.8) is 0 Å². The summed E-state index contributed by atoms with van der Waals surface area (Å²) in [5.74, 6) is 0. The van der Waals surface area contributed by atoms with E-state index in [-0.39, 0.29) is 11.5 Å². The fourth-order valence-electron chi connectivity index (χ4n) is 2.14. The predicted octanol–water partition coefficient (Wildman–Crippen LogP) is 2.57. The monoisotopic (exact) mass is 348 g/mol. The average molecular weight is 348 g/mol. The molecule has 0 aliphatic rings. The molecule has 3 N–H and O–H groups in total. The van der Waals surface area contributed by atoms with E-state index in [1.807, 2.05) is 36.1 Å². The molecule has 0 aliphatic carbocycles. The number of aliphatic hydroxyl groups excluding tert-OH is 1. The standard InChI is InChI=1S/C16H20N4O3S/c1-2-20(11-12-21)15-7-3-13(4-8-15)18-19-14-5-9-16(10-6-14)24(17,22)23/h3-10,21H,2,11-12H2,1H3,(H2,17,22,23). The summed E-state index contributed by atoms with van der Waals surface area (Å²) in [6.45, 7) is 3.50. The number of rotatable bonds is 7. The van der Waals surface area contributed by atoms with E-state index in [1.54, 1.807) is 0 Å². The lowest BCUT2D eigenvalue weighted by Crippen LogP contribution is -2.25. The maximum absolute atomic E-state index is 11.2.